The SMILES string of the molecule is Nc1ccc(-c2nnn(CCN3CCCCC3)n2)cc1. The van der Waals surface area contributed by atoms with E-state index < -0.39 is 0 Å². The van der Waals surface area contributed by atoms with E-state index in [-0.39, 0.29) is 0 Å². The fraction of sp³-hybridized carbons (Fsp3) is 0.500. The van der Waals surface area contributed by atoms with Crippen molar-refractivity contribution in [2.45, 2.75) is 25.8 Å². The van der Waals surface area contributed by atoms with E-state index in [0.29, 0.717) is 5.82 Å². The molecule has 1 aromatic carbocycles. The second kappa shape index (κ2) is 6.00. The van der Waals surface area contributed by atoms with E-state index >= 15 is 0 Å². The van der Waals surface area contributed by atoms with Gasteiger partial charge in [0.05, 0.1) is 6.54 Å². The number of nitrogen functional groups attached to an aromatic ring is 1. The van der Waals surface area contributed by atoms with Crippen LogP contribution >= 0.6 is 0 Å². The van der Waals surface area contributed by atoms with E-state index in [1.54, 1.807) is 4.80 Å². The van der Waals surface area contributed by atoms with Crippen LogP contribution in [0.2, 0.25) is 0 Å². The Kier molecular flexibility index (Phi) is 3.92. The van der Waals surface area contributed by atoms with Crippen LogP contribution in [-0.2, 0) is 6.54 Å². The van der Waals surface area contributed by atoms with Gasteiger partial charge < -0.3 is 10.6 Å². The minimum atomic E-state index is 0.656. The van der Waals surface area contributed by atoms with Gasteiger partial charge >= 0.3 is 0 Å². The Bertz CT molecular complexity index is 541. The van der Waals surface area contributed by atoms with E-state index in [1.807, 2.05) is 24.3 Å². The van der Waals surface area contributed by atoms with Crippen LogP contribution in [0.1, 0.15) is 19.3 Å². The summed E-state index contributed by atoms with van der Waals surface area (Å²) in [4.78, 5) is 4.15. The molecule has 20 heavy (non-hydrogen) atoms. The molecule has 1 aromatic heterocycles. The van der Waals surface area contributed by atoms with E-state index in [4.69, 9.17) is 5.73 Å². The van der Waals surface area contributed by atoms with Gasteiger partial charge in [0.1, 0.15) is 0 Å². The molecule has 1 fully saturated rings. The van der Waals surface area contributed by atoms with Gasteiger partial charge in [-0.1, -0.05) is 6.42 Å². The highest BCUT2D eigenvalue weighted by Crippen LogP contribution is 2.15. The summed E-state index contributed by atoms with van der Waals surface area (Å²) in [6.07, 6.45) is 3.97. The Morgan fingerprint density at radius 3 is 2.50 bits per heavy atom. The molecule has 0 radical (unpaired) electrons. The topological polar surface area (TPSA) is 72.9 Å². The van der Waals surface area contributed by atoms with Crippen molar-refractivity contribution in [1.82, 2.24) is 25.1 Å². The zero-order valence-electron chi connectivity index (χ0n) is 11.6. The fourth-order valence-corrected chi connectivity index (χ4v) is 2.50. The highest BCUT2D eigenvalue weighted by atomic mass is 15.6. The monoisotopic (exact) mass is 272 g/mol. The number of hydrogen-bond acceptors (Lipinski definition) is 5. The maximum Gasteiger partial charge on any atom is 0.204 e. The van der Waals surface area contributed by atoms with Crippen LogP contribution in [0.25, 0.3) is 11.4 Å². The number of nitrogens with zero attached hydrogens (tertiary/aromatic N) is 5. The molecule has 0 unspecified atom stereocenters. The lowest BCUT2D eigenvalue weighted by Gasteiger charge is -2.25. The molecule has 2 aromatic rings. The van der Waals surface area contributed by atoms with Crippen LogP contribution in [0.4, 0.5) is 5.69 Å². The van der Waals surface area contributed by atoms with Crippen LogP contribution in [0.5, 0.6) is 0 Å². The molecule has 1 aliphatic rings. The summed E-state index contributed by atoms with van der Waals surface area (Å²) in [5.74, 6) is 0.656. The highest BCUT2D eigenvalue weighted by molar-refractivity contribution is 5.57. The number of aromatic nitrogens is 4. The molecule has 0 amide bonds. The minimum Gasteiger partial charge on any atom is -0.399 e. The van der Waals surface area contributed by atoms with Crippen LogP contribution in [0.15, 0.2) is 24.3 Å². The van der Waals surface area contributed by atoms with Crippen LogP contribution in [0, 0.1) is 0 Å². The number of likely N-dealkylation sites (tertiary alicyclic amines) is 1. The standard InChI is InChI=1S/C14H20N6/c15-13-6-4-12(5-7-13)14-16-18-20(17-14)11-10-19-8-2-1-3-9-19/h4-7H,1-3,8-11,15H2. The summed E-state index contributed by atoms with van der Waals surface area (Å²) < 4.78 is 0. The number of nitrogens with two attached hydrogens (primary N) is 1. The number of tetrazole rings is 1. The number of piperidine rings is 1. The molecule has 106 valence electrons. The number of rotatable bonds is 4. The van der Waals surface area contributed by atoms with Gasteiger partial charge in [-0.05, 0) is 55.4 Å². The molecule has 0 aliphatic carbocycles. The molecular weight excluding hydrogens is 252 g/mol. The summed E-state index contributed by atoms with van der Waals surface area (Å²) in [6, 6.07) is 7.54. The molecule has 2 N–H and O–H groups in total. The van der Waals surface area contributed by atoms with Gasteiger partial charge in [0.25, 0.3) is 0 Å². The number of anilines is 1. The minimum absolute atomic E-state index is 0.656. The predicted molar refractivity (Wildman–Crippen MR) is 78.0 cm³/mol. The van der Waals surface area contributed by atoms with Gasteiger partial charge in [-0.2, -0.15) is 4.80 Å². The average Bonchev–Trinajstić information content (AvgIpc) is 2.96. The first-order valence-electron chi connectivity index (χ1n) is 7.17. The number of hydrogen-bond donors (Lipinski definition) is 1. The molecule has 1 saturated heterocycles. The lowest BCUT2D eigenvalue weighted by Crippen LogP contribution is -2.33. The molecule has 2 heterocycles. The van der Waals surface area contributed by atoms with Gasteiger partial charge in [0.15, 0.2) is 0 Å². The quantitative estimate of drug-likeness (QED) is 0.852. The smallest absolute Gasteiger partial charge is 0.204 e. The van der Waals surface area contributed by atoms with Gasteiger partial charge in [0, 0.05) is 17.8 Å². The van der Waals surface area contributed by atoms with Crippen LogP contribution < -0.4 is 5.73 Å². The lowest BCUT2D eigenvalue weighted by atomic mass is 10.1. The van der Waals surface area contributed by atoms with Crippen LogP contribution in [0.3, 0.4) is 0 Å². The predicted octanol–water partition coefficient (Wildman–Crippen LogP) is 1.41. The van der Waals surface area contributed by atoms with Gasteiger partial charge in [-0.25, -0.2) is 0 Å². The normalized spacial score (nSPS) is 16.4. The highest BCUT2D eigenvalue weighted by Gasteiger charge is 2.11. The molecule has 6 heteroatoms. The summed E-state index contributed by atoms with van der Waals surface area (Å²) in [5, 5.41) is 12.6. The Balaban J connectivity index is 1.60. The Hall–Kier alpha value is -1.95. The Morgan fingerprint density at radius 2 is 1.75 bits per heavy atom. The second-order valence-electron chi connectivity index (χ2n) is 5.23. The third-order valence-electron chi connectivity index (χ3n) is 3.69. The first-order chi connectivity index (χ1) is 9.81. The van der Waals surface area contributed by atoms with E-state index in [9.17, 15) is 0 Å². The maximum atomic E-state index is 5.67. The van der Waals surface area contributed by atoms with Crippen molar-refractivity contribution in [1.29, 1.82) is 0 Å². The first-order valence-corrected chi connectivity index (χ1v) is 7.17. The molecule has 0 spiro atoms. The fourth-order valence-electron chi connectivity index (χ4n) is 2.50. The zero-order valence-corrected chi connectivity index (χ0v) is 11.6. The molecular formula is C14H20N6. The number of benzene rings is 1. The van der Waals surface area contributed by atoms with Crippen molar-refractivity contribution in [2.24, 2.45) is 0 Å². The Morgan fingerprint density at radius 1 is 1.00 bits per heavy atom. The van der Waals surface area contributed by atoms with E-state index in [1.165, 1.54) is 32.4 Å². The summed E-state index contributed by atoms with van der Waals surface area (Å²) in [5.41, 5.74) is 7.36. The molecule has 0 saturated carbocycles. The maximum absolute atomic E-state index is 5.67. The van der Waals surface area contributed by atoms with Gasteiger partial charge in [-0.3, -0.25) is 0 Å². The molecule has 1 aliphatic heterocycles. The largest absolute Gasteiger partial charge is 0.399 e. The molecule has 6 nitrogen and oxygen atoms in total. The van der Waals surface area contributed by atoms with Crippen molar-refractivity contribution < 1.29 is 0 Å². The van der Waals surface area contributed by atoms with Gasteiger partial charge in [-0.15, -0.1) is 10.2 Å². The summed E-state index contributed by atoms with van der Waals surface area (Å²) in [6.45, 7) is 4.18. The van der Waals surface area contributed by atoms with E-state index in [2.05, 4.69) is 20.3 Å². The average molecular weight is 272 g/mol. The molecule has 0 atom stereocenters. The lowest BCUT2D eigenvalue weighted by molar-refractivity contribution is 0.213. The van der Waals surface area contributed by atoms with Crippen molar-refractivity contribution >= 4 is 5.69 Å². The molecule has 3 rings (SSSR count). The third kappa shape index (κ3) is 3.14. The van der Waals surface area contributed by atoms with Crippen molar-refractivity contribution in [3.05, 3.63) is 24.3 Å². The van der Waals surface area contributed by atoms with Gasteiger partial charge in [0.2, 0.25) is 5.82 Å². The van der Waals surface area contributed by atoms with Crippen LogP contribution in [-0.4, -0.2) is 44.7 Å². The first kappa shape index (κ1) is 13.1. The van der Waals surface area contributed by atoms with Crippen molar-refractivity contribution in [2.75, 3.05) is 25.4 Å². The third-order valence-corrected chi connectivity index (χ3v) is 3.69. The Labute approximate surface area is 118 Å². The van der Waals surface area contributed by atoms with Crippen molar-refractivity contribution in [3.8, 4) is 11.4 Å². The summed E-state index contributed by atoms with van der Waals surface area (Å²) >= 11 is 0. The second-order valence-corrected chi connectivity index (χ2v) is 5.23. The van der Waals surface area contributed by atoms with E-state index in [0.717, 1.165) is 24.3 Å². The summed E-state index contributed by atoms with van der Waals surface area (Å²) in [7, 11) is 0. The molecule has 0 bridgehead atoms. The zero-order chi connectivity index (χ0) is 13.8. The van der Waals surface area contributed by atoms with Crippen molar-refractivity contribution in [3.63, 3.8) is 0 Å².